The number of ether oxygens (including phenoxy) is 1. The van der Waals surface area contributed by atoms with E-state index in [0.717, 1.165) is 5.57 Å². The maximum Gasteiger partial charge on any atom is 0.313 e. The van der Waals surface area contributed by atoms with Gasteiger partial charge in [0.05, 0.1) is 12.5 Å². The van der Waals surface area contributed by atoms with Gasteiger partial charge in [-0.25, -0.2) is 4.98 Å². The molecule has 7 nitrogen and oxygen atoms in total. The Hall–Kier alpha value is -2.15. The van der Waals surface area contributed by atoms with Crippen LogP contribution in [0.5, 0.6) is 0 Å². The van der Waals surface area contributed by atoms with Crippen LogP contribution >= 0.6 is 11.6 Å². The number of anilines is 1. The van der Waals surface area contributed by atoms with Crippen molar-refractivity contribution in [2.24, 2.45) is 5.92 Å². The van der Waals surface area contributed by atoms with E-state index in [1.54, 1.807) is 24.0 Å². The van der Waals surface area contributed by atoms with Crippen LogP contribution in [0.2, 0.25) is 5.15 Å². The van der Waals surface area contributed by atoms with Crippen molar-refractivity contribution in [2.45, 2.75) is 13.3 Å². The predicted octanol–water partition coefficient (Wildman–Crippen LogP) is 1.49. The number of esters is 1. The van der Waals surface area contributed by atoms with Gasteiger partial charge in [0.15, 0.2) is 10.8 Å². The number of halogens is 1. The third-order valence-electron chi connectivity index (χ3n) is 3.00. The summed E-state index contributed by atoms with van der Waals surface area (Å²) in [6.07, 6.45) is 4.06. The number of fused-ring (bicyclic) bond motifs is 1. The first kappa shape index (κ1) is 12.9. The Kier molecular flexibility index (Phi) is 3.06. The fraction of sp³-hybridized carbons (Fsp3) is 0.333. The molecule has 1 atom stereocenters. The number of nitrogens with zero attached hydrogens (tertiary/aromatic N) is 4. The second-order valence-electron chi connectivity index (χ2n) is 4.41. The average molecular weight is 294 g/mol. The Labute approximate surface area is 119 Å². The van der Waals surface area contributed by atoms with Crippen LogP contribution in [0.25, 0.3) is 17.4 Å². The minimum absolute atomic E-state index is 0.0837. The molecule has 1 saturated carbocycles. The number of hydrogen-bond acceptors (Lipinski definition) is 6. The van der Waals surface area contributed by atoms with E-state index < -0.39 is 0 Å². The summed E-state index contributed by atoms with van der Waals surface area (Å²) in [6.45, 7) is 2.17. The van der Waals surface area contributed by atoms with Gasteiger partial charge < -0.3 is 10.5 Å². The molecule has 0 radical (unpaired) electrons. The van der Waals surface area contributed by atoms with Gasteiger partial charge in [0.1, 0.15) is 11.8 Å². The Morgan fingerprint density at radius 2 is 2.45 bits per heavy atom. The topological polar surface area (TPSA) is 95.9 Å². The number of hydrogen-bond donors (Lipinski definition) is 1. The third-order valence-corrected chi connectivity index (χ3v) is 3.26. The SMILES string of the molecule is CCOC(=O)C1CC1=Cn1cnc2c(Cl)nc(N)nc21. The molecular formula is C12H12ClN5O2. The largest absolute Gasteiger partial charge is 0.466 e. The fourth-order valence-corrected chi connectivity index (χ4v) is 2.19. The van der Waals surface area contributed by atoms with Crippen molar-refractivity contribution in [1.29, 1.82) is 0 Å². The molecule has 0 aliphatic heterocycles. The lowest BCUT2D eigenvalue weighted by Crippen LogP contribution is -2.05. The van der Waals surface area contributed by atoms with E-state index in [1.165, 1.54) is 0 Å². The molecule has 1 aliphatic carbocycles. The quantitative estimate of drug-likeness (QED) is 0.680. The molecular weight excluding hydrogens is 282 g/mol. The first-order chi connectivity index (χ1) is 9.60. The van der Waals surface area contributed by atoms with E-state index >= 15 is 0 Å². The Bertz CT molecular complexity index is 724. The van der Waals surface area contributed by atoms with Crippen LogP contribution in [0, 0.1) is 5.92 Å². The molecule has 0 saturated heterocycles. The van der Waals surface area contributed by atoms with Gasteiger partial charge in [-0.1, -0.05) is 11.6 Å². The number of rotatable bonds is 3. The van der Waals surface area contributed by atoms with Crippen LogP contribution in [0.4, 0.5) is 5.95 Å². The highest BCUT2D eigenvalue weighted by Gasteiger charge is 2.38. The van der Waals surface area contributed by atoms with Gasteiger partial charge in [0, 0.05) is 6.20 Å². The molecule has 0 amide bonds. The van der Waals surface area contributed by atoms with Crippen LogP contribution < -0.4 is 5.73 Å². The summed E-state index contributed by atoms with van der Waals surface area (Å²) in [7, 11) is 0. The maximum absolute atomic E-state index is 11.6. The van der Waals surface area contributed by atoms with E-state index in [9.17, 15) is 4.79 Å². The molecule has 2 aromatic rings. The first-order valence-corrected chi connectivity index (χ1v) is 6.50. The molecule has 2 N–H and O–H groups in total. The smallest absolute Gasteiger partial charge is 0.313 e. The first-order valence-electron chi connectivity index (χ1n) is 6.13. The van der Waals surface area contributed by atoms with E-state index in [0.29, 0.717) is 24.2 Å². The minimum Gasteiger partial charge on any atom is -0.466 e. The van der Waals surface area contributed by atoms with E-state index in [4.69, 9.17) is 22.1 Å². The van der Waals surface area contributed by atoms with Crippen LogP contribution in [-0.4, -0.2) is 32.1 Å². The lowest BCUT2D eigenvalue weighted by atomic mass is 10.4. The van der Waals surface area contributed by atoms with Gasteiger partial charge in [-0.2, -0.15) is 9.97 Å². The Morgan fingerprint density at radius 1 is 1.65 bits per heavy atom. The third kappa shape index (κ3) is 2.20. The zero-order chi connectivity index (χ0) is 14.3. The number of nitrogens with two attached hydrogens (primary N) is 1. The van der Waals surface area contributed by atoms with Gasteiger partial charge in [-0.3, -0.25) is 9.36 Å². The second kappa shape index (κ2) is 4.75. The van der Waals surface area contributed by atoms with Gasteiger partial charge in [0.25, 0.3) is 0 Å². The van der Waals surface area contributed by atoms with Crippen molar-refractivity contribution in [3.05, 3.63) is 17.1 Å². The van der Waals surface area contributed by atoms with Gasteiger partial charge in [-0.05, 0) is 18.9 Å². The van der Waals surface area contributed by atoms with Crippen LogP contribution in [0.1, 0.15) is 13.3 Å². The summed E-state index contributed by atoms with van der Waals surface area (Å²) < 4.78 is 6.66. The molecule has 20 heavy (non-hydrogen) atoms. The molecule has 8 heteroatoms. The molecule has 1 unspecified atom stereocenters. The summed E-state index contributed by atoms with van der Waals surface area (Å²) in [4.78, 5) is 23.6. The van der Waals surface area contributed by atoms with Crippen molar-refractivity contribution in [2.75, 3.05) is 12.3 Å². The normalized spacial score (nSPS) is 19.5. The van der Waals surface area contributed by atoms with Crippen LogP contribution in [0.3, 0.4) is 0 Å². The zero-order valence-corrected chi connectivity index (χ0v) is 11.5. The van der Waals surface area contributed by atoms with Crippen molar-refractivity contribution in [3.63, 3.8) is 0 Å². The molecule has 2 aromatic heterocycles. The molecule has 3 rings (SSSR count). The summed E-state index contributed by atoms with van der Waals surface area (Å²) in [5.41, 5.74) is 7.54. The number of imidazole rings is 1. The number of carbonyl (C=O) groups is 1. The standard InChI is InChI=1S/C12H12ClN5O2/c1-2-20-11(19)7-3-6(7)4-18-5-15-8-9(13)16-12(14)17-10(8)18/h4-5,7H,2-3H2,1H3,(H2,14,16,17). The van der Waals surface area contributed by atoms with Crippen molar-refractivity contribution < 1.29 is 9.53 Å². The molecule has 0 bridgehead atoms. The van der Waals surface area contributed by atoms with Crippen molar-refractivity contribution >= 4 is 40.9 Å². The molecule has 0 spiro atoms. The number of nitrogen functional groups attached to an aromatic ring is 1. The van der Waals surface area contributed by atoms with Crippen molar-refractivity contribution in [1.82, 2.24) is 19.5 Å². The Morgan fingerprint density at radius 3 is 3.20 bits per heavy atom. The predicted molar refractivity (Wildman–Crippen MR) is 73.8 cm³/mol. The van der Waals surface area contributed by atoms with Crippen LogP contribution in [-0.2, 0) is 9.53 Å². The van der Waals surface area contributed by atoms with Gasteiger partial charge >= 0.3 is 5.97 Å². The highest BCUT2D eigenvalue weighted by atomic mass is 35.5. The average Bonchev–Trinajstić information content (AvgIpc) is 3.04. The van der Waals surface area contributed by atoms with Gasteiger partial charge in [0.2, 0.25) is 5.95 Å². The lowest BCUT2D eigenvalue weighted by Gasteiger charge is -1.98. The molecule has 1 fully saturated rings. The van der Waals surface area contributed by atoms with Crippen molar-refractivity contribution in [3.8, 4) is 0 Å². The molecule has 104 valence electrons. The number of aromatic nitrogens is 4. The van der Waals surface area contributed by atoms with E-state index in [1.807, 2.05) is 0 Å². The maximum atomic E-state index is 11.6. The zero-order valence-electron chi connectivity index (χ0n) is 10.7. The summed E-state index contributed by atoms with van der Waals surface area (Å²) >= 11 is 5.95. The number of carbonyl (C=O) groups excluding carboxylic acids is 1. The lowest BCUT2D eigenvalue weighted by molar-refractivity contribution is -0.144. The summed E-state index contributed by atoms with van der Waals surface area (Å²) in [5, 5.41) is 0.211. The Balaban J connectivity index is 1.92. The molecule has 2 heterocycles. The fourth-order valence-electron chi connectivity index (χ4n) is 1.97. The summed E-state index contributed by atoms with van der Waals surface area (Å²) in [5.74, 6) is -0.280. The van der Waals surface area contributed by atoms with Crippen LogP contribution in [0.15, 0.2) is 11.9 Å². The molecule has 0 aromatic carbocycles. The second-order valence-corrected chi connectivity index (χ2v) is 4.77. The monoisotopic (exact) mass is 293 g/mol. The highest BCUT2D eigenvalue weighted by Crippen LogP contribution is 2.39. The highest BCUT2D eigenvalue weighted by molar-refractivity contribution is 6.33. The van der Waals surface area contributed by atoms with Gasteiger partial charge in [-0.15, -0.1) is 0 Å². The molecule has 1 aliphatic rings. The van der Waals surface area contributed by atoms with E-state index in [-0.39, 0.29) is 23.0 Å². The van der Waals surface area contributed by atoms with E-state index in [2.05, 4.69) is 15.0 Å². The summed E-state index contributed by atoms with van der Waals surface area (Å²) in [6, 6.07) is 0. The minimum atomic E-state index is -0.199.